The van der Waals surface area contributed by atoms with E-state index in [1.54, 1.807) is 18.3 Å². The van der Waals surface area contributed by atoms with E-state index in [4.69, 9.17) is 4.74 Å². The van der Waals surface area contributed by atoms with Gasteiger partial charge in [0.05, 0.1) is 18.1 Å². The molecule has 2 aliphatic heterocycles. The van der Waals surface area contributed by atoms with Gasteiger partial charge in [-0.1, -0.05) is 12.2 Å². The molecule has 0 saturated carbocycles. The van der Waals surface area contributed by atoms with Crippen LogP contribution in [0.5, 0.6) is 0 Å². The maximum atomic E-state index is 12.2. The van der Waals surface area contributed by atoms with Crippen molar-refractivity contribution < 1.29 is 19.4 Å². The van der Waals surface area contributed by atoms with Crippen molar-refractivity contribution in [2.24, 2.45) is 11.8 Å². The van der Waals surface area contributed by atoms with E-state index >= 15 is 0 Å². The van der Waals surface area contributed by atoms with E-state index in [1.165, 1.54) is 11.3 Å². The van der Waals surface area contributed by atoms with E-state index in [0.29, 0.717) is 5.13 Å². The number of carboxylic acid groups (broad SMARTS) is 1. The highest BCUT2D eigenvalue weighted by molar-refractivity contribution is 7.15. The van der Waals surface area contributed by atoms with Gasteiger partial charge in [0.15, 0.2) is 5.13 Å². The minimum atomic E-state index is -1.01. The molecule has 0 spiro atoms. The molecule has 1 aromatic heterocycles. The number of carbonyl (C=O) groups excluding carboxylic acids is 1. The molecule has 3 heterocycles. The number of aryl methyl sites for hydroxylation is 1. The van der Waals surface area contributed by atoms with Crippen LogP contribution in [0, 0.1) is 18.8 Å². The van der Waals surface area contributed by atoms with Gasteiger partial charge in [0.1, 0.15) is 5.92 Å². The Labute approximate surface area is 113 Å². The lowest BCUT2D eigenvalue weighted by atomic mass is 9.82. The summed E-state index contributed by atoms with van der Waals surface area (Å²) in [6.07, 6.45) is 4.16. The van der Waals surface area contributed by atoms with Gasteiger partial charge in [-0.3, -0.25) is 9.59 Å². The first kappa shape index (κ1) is 12.3. The second kappa shape index (κ2) is 4.43. The Morgan fingerprint density at radius 3 is 2.63 bits per heavy atom. The summed E-state index contributed by atoms with van der Waals surface area (Å²) in [5.41, 5.74) is 0. The zero-order chi connectivity index (χ0) is 13.6. The van der Waals surface area contributed by atoms with Gasteiger partial charge >= 0.3 is 5.97 Å². The van der Waals surface area contributed by atoms with Crippen LogP contribution in [0.4, 0.5) is 5.13 Å². The lowest BCUT2D eigenvalue weighted by Gasteiger charge is -2.20. The molecule has 0 radical (unpaired) electrons. The van der Waals surface area contributed by atoms with Gasteiger partial charge in [0, 0.05) is 11.1 Å². The van der Waals surface area contributed by atoms with Crippen LogP contribution in [0.15, 0.2) is 18.3 Å². The fourth-order valence-electron chi connectivity index (χ4n) is 2.52. The van der Waals surface area contributed by atoms with Gasteiger partial charge in [0.25, 0.3) is 0 Å². The van der Waals surface area contributed by atoms with Crippen LogP contribution in [0.3, 0.4) is 0 Å². The van der Waals surface area contributed by atoms with E-state index < -0.39 is 30.0 Å². The number of aromatic nitrogens is 1. The molecule has 2 bridgehead atoms. The lowest BCUT2D eigenvalue weighted by molar-refractivity contribution is -0.145. The van der Waals surface area contributed by atoms with E-state index in [2.05, 4.69) is 10.3 Å². The van der Waals surface area contributed by atoms with Crippen LogP contribution in [-0.2, 0) is 14.3 Å². The topological polar surface area (TPSA) is 88.5 Å². The second-order valence-corrected chi connectivity index (χ2v) is 5.84. The van der Waals surface area contributed by atoms with Gasteiger partial charge in [-0.05, 0) is 6.92 Å². The van der Waals surface area contributed by atoms with Crippen LogP contribution < -0.4 is 5.32 Å². The number of nitrogens with zero attached hydrogens (tertiary/aromatic N) is 1. The Morgan fingerprint density at radius 2 is 2.05 bits per heavy atom. The smallest absolute Gasteiger partial charge is 0.310 e. The Bertz CT molecular complexity index is 568. The number of aliphatic carboxylic acids is 1. The Kier molecular flexibility index (Phi) is 2.87. The summed E-state index contributed by atoms with van der Waals surface area (Å²) in [7, 11) is 0. The number of carboxylic acids is 1. The molecule has 0 aromatic carbocycles. The maximum Gasteiger partial charge on any atom is 0.310 e. The van der Waals surface area contributed by atoms with Gasteiger partial charge in [-0.15, -0.1) is 11.3 Å². The van der Waals surface area contributed by atoms with Crippen LogP contribution in [0.25, 0.3) is 0 Å². The number of rotatable bonds is 3. The van der Waals surface area contributed by atoms with Crippen molar-refractivity contribution in [3.8, 4) is 0 Å². The Balaban J connectivity index is 1.79. The SMILES string of the molecule is Cc1cnc(NC(=O)[C@H]2[C@@H](C(=O)O)[C@@H]3C=C[C@H]2O3)s1. The molecular formula is C12H12N2O4S. The van der Waals surface area contributed by atoms with E-state index in [9.17, 15) is 14.7 Å². The zero-order valence-electron chi connectivity index (χ0n) is 10.1. The lowest BCUT2D eigenvalue weighted by Crippen LogP contribution is -2.39. The third-order valence-corrected chi connectivity index (χ3v) is 4.17. The Hall–Kier alpha value is -1.73. The minimum absolute atomic E-state index is 0.349. The number of hydrogen-bond donors (Lipinski definition) is 2. The van der Waals surface area contributed by atoms with Crippen LogP contribution in [0.2, 0.25) is 0 Å². The van der Waals surface area contributed by atoms with Crippen molar-refractivity contribution in [2.45, 2.75) is 19.1 Å². The average Bonchev–Trinajstić information content (AvgIpc) is 3.03. The molecule has 2 N–H and O–H groups in total. The number of fused-ring (bicyclic) bond motifs is 2. The maximum absolute atomic E-state index is 12.2. The normalized spacial score (nSPS) is 31.6. The second-order valence-electron chi connectivity index (χ2n) is 4.61. The van der Waals surface area contributed by atoms with Crippen molar-refractivity contribution >= 4 is 28.3 Å². The first-order valence-corrected chi connectivity index (χ1v) is 6.68. The van der Waals surface area contributed by atoms with Crippen molar-refractivity contribution in [3.05, 3.63) is 23.2 Å². The molecule has 2 aliphatic rings. The molecule has 1 amide bonds. The molecular weight excluding hydrogens is 268 g/mol. The van der Waals surface area contributed by atoms with E-state index in [1.807, 2.05) is 6.92 Å². The highest BCUT2D eigenvalue weighted by Gasteiger charge is 2.53. The predicted octanol–water partition coefficient (Wildman–Crippen LogP) is 1.04. The van der Waals surface area contributed by atoms with Crippen molar-refractivity contribution in [2.75, 3.05) is 5.32 Å². The number of nitrogens with one attached hydrogen (secondary N) is 1. The molecule has 0 unspecified atom stereocenters. The third kappa shape index (κ3) is 2.04. The average molecular weight is 280 g/mol. The van der Waals surface area contributed by atoms with Crippen LogP contribution in [0.1, 0.15) is 4.88 Å². The molecule has 7 heteroatoms. The largest absolute Gasteiger partial charge is 0.481 e. The predicted molar refractivity (Wildman–Crippen MR) is 67.9 cm³/mol. The molecule has 0 aliphatic carbocycles. The number of anilines is 1. The summed E-state index contributed by atoms with van der Waals surface area (Å²) in [5.74, 6) is -2.88. The van der Waals surface area contributed by atoms with Crippen molar-refractivity contribution in [3.63, 3.8) is 0 Å². The number of carbonyl (C=O) groups is 2. The van der Waals surface area contributed by atoms with E-state index in [-0.39, 0.29) is 5.91 Å². The van der Waals surface area contributed by atoms with Gasteiger partial charge in [-0.2, -0.15) is 0 Å². The summed E-state index contributed by atoms with van der Waals surface area (Å²) in [6.45, 7) is 1.89. The number of amides is 1. The molecule has 4 atom stereocenters. The minimum Gasteiger partial charge on any atom is -0.481 e. The summed E-state index contributed by atoms with van der Waals surface area (Å²) < 4.78 is 5.45. The number of thiazole rings is 1. The fourth-order valence-corrected chi connectivity index (χ4v) is 3.18. The monoisotopic (exact) mass is 280 g/mol. The highest BCUT2D eigenvalue weighted by atomic mass is 32.1. The van der Waals surface area contributed by atoms with Crippen LogP contribution >= 0.6 is 11.3 Å². The number of ether oxygens (including phenoxy) is 1. The fraction of sp³-hybridized carbons (Fsp3) is 0.417. The summed E-state index contributed by atoms with van der Waals surface area (Å²) in [5, 5.41) is 12.4. The highest BCUT2D eigenvalue weighted by Crippen LogP contribution is 2.40. The third-order valence-electron chi connectivity index (χ3n) is 3.34. The van der Waals surface area contributed by atoms with Crippen molar-refractivity contribution in [1.82, 2.24) is 4.98 Å². The molecule has 19 heavy (non-hydrogen) atoms. The van der Waals surface area contributed by atoms with Crippen LogP contribution in [-0.4, -0.2) is 34.2 Å². The van der Waals surface area contributed by atoms with E-state index in [0.717, 1.165) is 4.88 Å². The summed E-state index contributed by atoms with van der Waals surface area (Å²) >= 11 is 1.36. The molecule has 3 rings (SSSR count). The quantitative estimate of drug-likeness (QED) is 0.808. The summed E-state index contributed by atoms with van der Waals surface area (Å²) in [4.78, 5) is 28.5. The van der Waals surface area contributed by atoms with Gasteiger partial charge < -0.3 is 15.2 Å². The standard InChI is InChI=1S/C12H12N2O4S/c1-5-4-13-12(19-5)14-10(15)8-6-2-3-7(18-6)9(8)11(16)17/h2-4,6-9H,1H3,(H,16,17)(H,13,14,15)/t6-,7+,8-,9+/m1/s1. The Morgan fingerprint density at radius 1 is 1.37 bits per heavy atom. The molecule has 1 saturated heterocycles. The summed E-state index contributed by atoms with van der Waals surface area (Å²) in [6, 6.07) is 0. The van der Waals surface area contributed by atoms with Crippen molar-refractivity contribution in [1.29, 1.82) is 0 Å². The molecule has 1 aromatic rings. The van der Waals surface area contributed by atoms with Gasteiger partial charge in [0.2, 0.25) is 5.91 Å². The molecule has 1 fully saturated rings. The first-order chi connectivity index (χ1) is 9.06. The molecule has 6 nitrogen and oxygen atoms in total. The number of hydrogen-bond acceptors (Lipinski definition) is 5. The first-order valence-electron chi connectivity index (χ1n) is 5.86. The zero-order valence-corrected chi connectivity index (χ0v) is 10.9. The van der Waals surface area contributed by atoms with Gasteiger partial charge in [-0.25, -0.2) is 4.98 Å². The molecule has 100 valence electrons.